The molecule has 0 bridgehead atoms. The highest BCUT2D eigenvalue weighted by molar-refractivity contribution is 5.90. The Morgan fingerprint density at radius 3 is 2.70 bits per heavy atom. The van der Waals surface area contributed by atoms with Crippen LogP contribution in [0.15, 0.2) is 76.3 Å². The Balaban J connectivity index is 1.66. The third-order valence-electron chi connectivity index (χ3n) is 3.85. The summed E-state index contributed by atoms with van der Waals surface area (Å²) in [6.45, 7) is 0. The number of aromatic nitrogens is 2. The van der Waals surface area contributed by atoms with Gasteiger partial charge < -0.3 is 14.3 Å². The molecule has 0 aliphatic rings. The molecular formula is C20H12N2O5. The average Bonchev–Trinajstić information content (AvgIpc) is 2.69. The topological polar surface area (TPSA) is 103 Å². The number of phenolic OH excluding ortho intramolecular Hbond substituents is 1. The fourth-order valence-corrected chi connectivity index (χ4v) is 2.56. The maximum Gasteiger partial charge on any atom is 0.345 e. The molecule has 0 aliphatic carbocycles. The summed E-state index contributed by atoms with van der Waals surface area (Å²) >= 11 is 0. The maximum absolute atomic E-state index is 12.2. The third-order valence-corrected chi connectivity index (χ3v) is 3.85. The van der Waals surface area contributed by atoms with E-state index < -0.39 is 5.97 Å². The van der Waals surface area contributed by atoms with E-state index in [2.05, 4.69) is 9.97 Å². The molecule has 0 atom stereocenters. The van der Waals surface area contributed by atoms with Crippen LogP contribution < -0.4 is 10.2 Å². The first kappa shape index (κ1) is 16.5. The quantitative estimate of drug-likeness (QED) is 0.442. The highest BCUT2D eigenvalue weighted by Gasteiger charge is 2.14. The lowest BCUT2D eigenvalue weighted by molar-refractivity contribution is 0.0734. The second kappa shape index (κ2) is 6.72. The van der Waals surface area contributed by atoms with Crippen LogP contribution in [0.4, 0.5) is 0 Å². The molecule has 4 aromatic rings. The number of esters is 1. The van der Waals surface area contributed by atoms with Crippen molar-refractivity contribution in [2.45, 2.75) is 0 Å². The van der Waals surface area contributed by atoms with Crippen LogP contribution in [0.2, 0.25) is 0 Å². The predicted molar refractivity (Wildman–Crippen MR) is 96.6 cm³/mol. The van der Waals surface area contributed by atoms with Gasteiger partial charge in [0.25, 0.3) is 0 Å². The van der Waals surface area contributed by atoms with Gasteiger partial charge in [0, 0.05) is 30.7 Å². The van der Waals surface area contributed by atoms with Gasteiger partial charge in [0.1, 0.15) is 17.3 Å². The summed E-state index contributed by atoms with van der Waals surface area (Å²) in [5.74, 6) is -0.498. The molecule has 0 fully saturated rings. The van der Waals surface area contributed by atoms with Crippen LogP contribution in [0, 0.1) is 0 Å². The maximum atomic E-state index is 12.2. The molecule has 0 spiro atoms. The van der Waals surface area contributed by atoms with Gasteiger partial charge in [0.2, 0.25) is 5.71 Å². The summed E-state index contributed by atoms with van der Waals surface area (Å²) in [5, 5.41) is 10.7. The first-order chi connectivity index (χ1) is 13.1. The van der Waals surface area contributed by atoms with Crippen LogP contribution in [-0.4, -0.2) is 21.0 Å². The molecule has 0 radical (unpaired) electrons. The predicted octanol–water partition coefficient (Wildman–Crippen LogP) is 3.17. The first-order valence-electron chi connectivity index (χ1n) is 7.96. The van der Waals surface area contributed by atoms with E-state index in [0.29, 0.717) is 5.39 Å². The molecule has 4 rings (SSSR count). The zero-order valence-corrected chi connectivity index (χ0v) is 13.8. The number of fused-ring (bicyclic) bond motifs is 1. The summed E-state index contributed by atoms with van der Waals surface area (Å²) in [7, 11) is 0. The lowest BCUT2D eigenvalue weighted by Crippen LogP contribution is -2.08. The Hall–Kier alpha value is -4.00. The summed E-state index contributed by atoms with van der Waals surface area (Å²) in [6.07, 6.45) is 4.44. The smallest absolute Gasteiger partial charge is 0.345 e. The highest BCUT2D eigenvalue weighted by atomic mass is 16.5. The van der Waals surface area contributed by atoms with E-state index in [4.69, 9.17) is 9.15 Å². The Bertz CT molecular complexity index is 1200. The van der Waals surface area contributed by atoms with E-state index in [1.165, 1.54) is 36.7 Å². The number of hydrogen-bond donors (Lipinski definition) is 1. The van der Waals surface area contributed by atoms with Crippen molar-refractivity contribution in [1.29, 1.82) is 0 Å². The number of phenols is 1. The minimum Gasteiger partial charge on any atom is -0.507 e. The van der Waals surface area contributed by atoms with Gasteiger partial charge in [-0.15, -0.1) is 0 Å². The number of rotatable bonds is 3. The number of ether oxygens (including phenoxy) is 1. The third kappa shape index (κ3) is 3.25. The Kier molecular flexibility index (Phi) is 4.10. The van der Waals surface area contributed by atoms with E-state index in [1.807, 2.05) is 0 Å². The summed E-state index contributed by atoms with van der Waals surface area (Å²) in [6, 6.07) is 12.0. The molecule has 27 heavy (non-hydrogen) atoms. The van der Waals surface area contributed by atoms with Crippen molar-refractivity contribution in [2.24, 2.45) is 0 Å². The van der Waals surface area contributed by atoms with Gasteiger partial charge in [-0.05, 0) is 36.4 Å². The number of nitrogens with zero attached hydrogens (tertiary/aromatic N) is 2. The molecule has 0 unspecified atom stereocenters. The monoisotopic (exact) mass is 360 g/mol. The average molecular weight is 360 g/mol. The van der Waals surface area contributed by atoms with Crippen LogP contribution in [0.3, 0.4) is 0 Å². The fraction of sp³-hybridized carbons (Fsp3) is 0. The van der Waals surface area contributed by atoms with E-state index in [0.717, 1.165) is 0 Å². The first-order valence-corrected chi connectivity index (χ1v) is 7.96. The van der Waals surface area contributed by atoms with E-state index in [1.54, 1.807) is 30.5 Å². The Labute approximate surface area is 152 Å². The summed E-state index contributed by atoms with van der Waals surface area (Å²) < 4.78 is 10.8. The molecule has 1 N–H and O–H groups in total. The normalized spacial score (nSPS) is 10.7. The van der Waals surface area contributed by atoms with Crippen LogP contribution >= 0.6 is 0 Å². The van der Waals surface area contributed by atoms with Crippen molar-refractivity contribution in [3.8, 4) is 22.8 Å². The minimum absolute atomic E-state index is 0.145. The molecule has 0 saturated carbocycles. The van der Waals surface area contributed by atoms with Gasteiger partial charge in [-0.3, -0.25) is 9.78 Å². The molecule has 3 aromatic heterocycles. The number of aromatic hydroxyl groups is 1. The second-order valence-electron chi connectivity index (χ2n) is 5.64. The van der Waals surface area contributed by atoms with E-state index >= 15 is 0 Å². The summed E-state index contributed by atoms with van der Waals surface area (Å²) in [5.41, 5.74) is 0.464. The molecule has 1 aromatic carbocycles. The standard InChI is InChI=1S/C20H12N2O5/c23-16-9-13(26-20(25)12-3-1-7-21-11-12)5-6-14(16)18-10-17(24)15-4-2-8-22-19(15)27-18/h1-11,23H. The Morgan fingerprint density at radius 2 is 1.93 bits per heavy atom. The molecule has 132 valence electrons. The van der Waals surface area contributed by atoms with Gasteiger partial charge in [0.05, 0.1) is 16.5 Å². The van der Waals surface area contributed by atoms with E-state index in [9.17, 15) is 14.7 Å². The molecular weight excluding hydrogens is 348 g/mol. The molecule has 0 aliphatic heterocycles. The lowest BCUT2D eigenvalue weighted by Gasteiger charge is -2.08. The minimum atomic E-state index is -0.600. The number of carbonyl (C=O) groups excluding carboxylic acids is 1. The largest absolute Gasteiger partial charge is 0.507 e. The molecule has 7 heteroatoms. The number of hydrogen-bond acceptors (Lipinski definition) is 7. The van der Waals surface area contributed by atoms with Crippen LogP contribution in [0.5, 0.6) is 11.5 Å². The van der Waals surface area contributed by atoms with Crippen LogP contribution in [-0.2, 0) is 0 Å². The number of pyridine rings is 2. The van der Waals surface area contributed by atoms with Crippen molar-refractivity contribution in [2.75, 3.05) is 0 Å². The van der Waals surface area contributed by atoms with Crippen molar-refractivity contribution >= 4 is 17.1 Å². The van der Waals surface area contributed by atoms with Gasteiger partial charge in [-0.25, -0.2) is 9.78 Å². The SMILES string of the molecule is O=C(Oc1ccc(-c2cc(=O)c3cccnc3o2)c(O)c1)c1cccnc1. The van der Waals surface area contributed by atoms with Crippen molar-refractivity contribution in [3.63, 3.8) is 0 Å². The molecule has 0 saturated heterocycles. The molecule has 0 amide bonds. The van der Waals surface area contributed by atoms with Crippen LogP contribution in [0.1, 0.15) is 10.4 Å². The fourth-order valence-electron chi connectivity index (χ4n) is 2.56. The Morgan fingerprint density at radius 1 is 1.07 bits per heavy atom. The van der Waals surface area contributed by atoms with Crippen molar-refractivity contribution < 1.29 is 19.1 Å². The van der Waals surface area contributed by atoms with Crippen LogP contribution in [0.25, 0.3) is 22.4 Å². The molecule has 7 nitrogen and oxygen atoms in total. The van der Waals surface area contributed by atoms with Gasteiger partial charge in [-0.2, -0.15) is 0 Å². The van der Waals surface area contributed by atoms with E-state index in [-0.39, 0.29) is 39.5 Å². The second-order valence-corrected chi connectivity index (χ2v) is 5.64. The molecule has 3 heterocycles. The lowest BCUT2D eigenvalue weighted by atomic mass is 10.1. The van der Waals surface area contributed by atoms with Gasteiger partial charge in [-0.1, -0.05) is 0 Å². The number of carbonyl (C=O) groups is 1. The van der Waals surface area contributed by atoms with Crippen molar-refractivity contribution in [3.05, 3.63) is 82.9 Å². The van der Waals surface area contributed by atoms with Gasteiger partial charge >= 0.3 is 5.97 Å². The van der Waals surface area contributed by atoms with Crippen molar-refractivity contribution in [1.82, 2.24) is 9.97 Å². The zero-order chi connectivity index (χ0) is 18.8. The number of benzene rings is 1. The summed E-state index contributed by atoms with van der Waals surface area (Å²) in [4.78, 5) is 32.1. The van der Waals surface area contributed by atoms with Gasteiger partial charge in [0.15, 0.2) is 5.43 Å². The zero-order valence-electron chi connectivity index (χ0n) is 13.8. The highest BCUT2D eigenvalue weighted by Crippen LogP contribution is 2.33.